The van der Waals surface area contributed by atoms with Crippen LogP contribution in [0.5, 0.6) is 0 Å². The minimum Gasteiger partial charge on any atom is -0.377 e. The van der Waals surface area contributed by atoms with Gasteiger partial charge in [-0.2, -0.15) is 0 Å². The normalized spacial score (nSPS) is 14.5. The summed E-state index contributed by atoms with van der Waals surface area (Å²) in [6.07, 6.45) is 1.01. The van der Waals surface area contributed by atoms with Gasteiger partial charge in [0.2, 0.25) is 12.8 Å². The van der Waals surface area contributed by atoms with Gasteiger partial charge in [-0.05, 0) is 6.92 Å². The van der Waals surface area contributed by atoms with Crippen molar-refractivity contribution >= 4 is 12.8 Å². The van der Waals surface area contributed by atoms with Gasteiger partial charge in [0.25, 0.3) is 0 Å². The fraction of sp³-hybridized carbons (Fsp3) is 0.714. The molecular formula is C7H14N2O3. The summed E-state index contributed by atoms with van der Waals surface area (Å²) in [6, 6.07) is -0.111. The number of carbonyl (C=O) groups excluding carboxylic acids is 2. The van der Waals surface area contributed by atoms with Crippen LogP contribution < -0.4 is 10.6 Å². The SMILES string of the molecule is COC(CNC=O)C(C)NC=O. The van der Waals surface area contributed by atoms with Crippen LogP contribution in [0.3, 0.4) is 0 Å². The molecule has 5 heteroatoms. The first-order valence-corrected chi connectivity index (χ1v) is 3.65. The molecule has 0 aromatic carbocycles. The molecule has 2 amide bonds. The maximum Gasteiger partial charge on any atom is 0.207 e. The van der Waals surface area contributed by atoms with E-state index in [1.807, 2.05) is 0 Å². The predicted molar refractivity (Wildman–Crippen MR) is 43.5 cm³/mol. The maximum absolute atomic E-state index is 10.1. The molecule has 0 saturated heterocycles. The van der Waals surface area contributed by atoms with E-state index < -0.39 is 0 Å². The number of hydrogen-bond acceptors (Lipinski definition) is 3. The molecule has 2 N–H and O–H groups in total. The Kier molecular flexibility index (Phi) is 6.00. The van der Waals surface area contributed by atoms with Gasteiger partial charge in [0.1, 0.15) is 0 Å². The Morgan fingerprint density at radius 3 is 2.50 bits per heavy atom. The molecule has 0 aliphatic carbocycles. The van der Waals surface area contributed by atoms with E-state index in [2.05, 4.69) is 10.6 Å². The molecule has 2 atom stereocenters. The molecule has 0 heterocycles. The lowest BCUT2D eigenvalue weighted by Crippen LogP contribution is -2.43. The van der Waals surface area contributed by atoms with Crippen molar-refractivity contribution in [2.24, 2.45) is 0 Å². The zero-order valence-corrected chi connectivity index (χ0v) is 7.24. The summed E-state index contributed by atoms with van der Waals surface area (Å²) in [7, 11) is 1.53. The molecule has 2 unspecified atom stereocenters. The van der Waals surface area contributed by atoms with Gasteiger partial charge in [-0.15, -0.1) is 0 Å². The van der Waals surface area contributed by atoms with Crippen LogP contribution in [0.2, 0.25) is 0 Å². The molecule has 0 saturated carbocycles. The van der Waals surface area contributed by atoms with Gasteiger partial charge in [0.05, 0.1) is 12.1 Å². The highest BCUT2D eigenvalue weighted by Crippen LogP contribution is 1.94. The van der Waals surface area contributed by atoms with Crippen LogP contribution in [0, 0.1) is 0 Å². The van der Waals surface area contributed by atoms with Crippen molar-refractivity contribution in [2.75, 3.05) is 13.7 Å². The van der Waals surface area contributed by atoms with Crippen LogP contribution in [0.4, 0.5) is 0 Å². The molecule has 0 aliphatic rings. The Morgan fingerprint density at radius 2 is 2.08 bits per heavy atom. The first-order chi connectivity index (χ1) is 5.76. The quantitative estimate of drug-likeness (QED) is 0.480. The molecule has 70 valence electrons. The number of ether oxygens (including phenoxy) is 1. The third kappa shape index (κ3) is 3.92. The highest BCUT2D eigenvalue weighted by molar-refractivity contribution is 5.47. The summed E-state index contributed by atoms with van der Waals surface area (Å²) in [5.41, 5.74) is 0. The molecule has 0 aromatic rings. The largest absolute Gasteiger partial charge is 0.377 e. The van der Waals surface area contributed by atoms with Gasteiger partial charge in [0.15, 0.2) is 0 Å². The van der Waals surface area contributed by atoms with Gasteiger partial charge in [0, 0.05) is 13.7 Å². The Bertz CT molecular complexity index is 141. The van der Waals surface area contributed by atoms with Gasteiger partial charge >= 0.3 is 0 Å². The Morgan fingerprint density at radius 1 is 1.42 bits per heavy atom. The summed E-state index contributed by atoms with van der Waals surface area (Å²) in [5, 5.41) is 5.02. The van der Waals surface area contributed by atoms with Crippen LogP contribution in [0.25, 0.3) is 0 Å². The summed E-state index contributed by atoms with van der Waals surface area (Å²) >= 11 is 0. The van der Waals surface area contributed by atoms with Crippen molar-refractivity contribution in [3.8, 4) is 0 Å². The molecule has 0 aliphatic heterocycles. The topological polar surface area (TPSA) is 67.4 Å². The van der Waals surface area contributed by atoms with Crippen LogP contribution in [-0.4, -0.2) is 38.6 Å². The Labute approximate surface area is 71.5 Å². The van der Waals surface area contributed by atoms with Crippen molar-refractivity contribution in [1.29, 1.82) is 0 Å². The van der Waals surface area contributed by atoms with Crippen molar-refractivity contribution < 1.29 is 14.3 Å². The lowest BCUT2D eigenvalue weighted by molar-refractivity contribution is -0.111. The maximum atomic E-state index is 10.1. The van der Waals surface area contributed by atoms with E-state index in [0.29, 0.717) is 19.4 Å². The lowest BCUT2D eigenvalue weighted by atomic mass is 10.2. The number of nitrogens with one attached hydrogen (secondary N) is 2. The average Bonchev–Trinajstić information content (AvgIpc) is 2.06. The van der Waals surface area contributed by atoms with Crippen molar-refractivity contribution in [1.82, 2.24) is 10.6 Å². The van der Waals surface area contributed by atoms with E-state index in [1.54, 1.807) is 6.92 Å². The summed E-state index contributed by atoms with van der Waals surface area (Å²) in [6.45, 7) is 2.19. The first kappa shape index (κ1) is 10.9. The van der Waals surface area contributed by atoms with E-state index in [9.17, 15) is 9.59 Å². The zero-order valence-electron chi connectivity index (χ0n) is 7.24. The van der Waals surface area contributed by atoms with E-state index in [-0.39, 0.29) is 12.1 Å². The monoisotopic (exact) mass is 174 g/mol. The molecular weight excluding hydrogens is 160 g/mol. The third-order valence-electron chi connectivity index (χ3n) is 1.59. The second kappa shape index (κ2) is 6.60. The number of methoxy groups -OCH3 is 1. The molecule has 0 rings (SSSR count). The zero-order chi connectivity index (χ0) is 9.40. The Balaban J connectivity index is 3.76. The lowest BCUT2D eigenvalue weighted by Gasteiger charge is -2.21. The fourth-order valence-electron chi connectivity index (χ4n) is 0.843. The summed E-state index contributed by atoms with van der Waals surface area (Å²) in [5.74, 6) is 0. The van der Waals surface area contributed by atoms with Crippen molar-refractivity contribution in [3.63, 3.8) is 0 Å². The van der Waals surface area contributed by atoms with Gasteiger partial charge in [-0.1, -0.05) is 0 Å². The number of amides is 2. The van der Waals surface area contributed by atoms with E-state index in [0.717, 1.165) is 0 Å². The predicted octanol–water partition coefficient (Wildman–Crippen LogP) is -1.12. The minimum absolute atomic E-state index is 0.111. The number of rotatable bonds is 7. The first-order valence-electron chi connectivity index (χ1n) is 3.65. The molecule has 0 bridgehead atoms. The number of hydrogen-bond donors (Lipinski definition) is 2. The van der Waals surface area contributed by atoms with E-state index >= 15 is 0 Å². The van der Waals surface area contributed by atoms with Crippen LogP contribution in [-0.2, 0) is 14.3 Å². The van der Waals surface area contributed by atoms with E-state index in [1.165, 1.54) is 7.11 Å². The van der Waals surface area contributed by atoms with E-state index in [4.69, 9.17) is 4.74 Å². The molecule has 12 heavy (non-hydrogen) atoms. The van der Waals surface area contributed by atoms with Crippen LogP contribution in [0.15, 0.2) is 0 Å². The standard InChI is InChI=1S/C7H14N2O3/c1-6(9-5-11)7(12-2)3-8-4-10/h4-7H,3H2,1-2H3,(H,8,10)(H,9,11). The molecule has 0 radical (unpaired) electrons. The second-order valence-electron chi connectivity index (χ2n) is 2.37. The third-order valence-corrected chi connectivity index (χ3v) is 1.59. The molecule has 5 nitrogen and oxygen atoms in total. The summed E-state index contributed by atoms with van der Waals surface area (Å²) < 4.78 is 5.02. The molecule has 0 spiro atoms. The van der Waals surface area contributed by atoms with Crippen molar-refractivity contribution in [3.05, 3.63) is 0 Å². The van der Waals surface area contributed by atoms with Gasteiger partial charge in [-0.25, -0.2) is 0 Å². The Hall–Kier alpha value is -1.10. The second-order valence-corrected chi connectivity index (χ2v) is 2.37. The smallest absolute Gasteiger partial charge is 0.207 e. The van der Waals surface area contributed by atoms with Crippen molar-refractivity contribution in [2.45, 2.75) is 19.1 Å². The summed E-state index contributed by atoms with van der Waals surface area (Å²) in [4.78, 5) is 20.0. The average molecular weight is 174 g/mol. The van der Waals surface area contributed by atoms with Gasteiger partial charge < -0.3 is 15.4 Å². The molecule has 0 fully saturated rings. The number of carbonyl (C=O) groups is 2. The van der Waals surface area contributed by atoms with Gasteiger partial charge in [-0.3, -0.25) is 9.59 Å². The highest BCUT2D eigenvalue weighted by atomic mass is 16.5. The molecule has 0 aromatic heterocycles. The fourth-order valence-corrected chi connectivity index (χ4v) is 0.843. The van der Waals surface area contributed by atoms with Crippen LogP contribution >= 0.6 is 0 Å². The minimum atomic E-state index is -0.194. The van der Waals surface area contributed by atoms with Crippen LogP contribution in [0.1, 0.15) is 6.92 Å². The highest BCUT2D eigenvalue weighted by Gasteiger charge is 2.14.